The van der Waals surface area contributed by atoms with Crippen LogP contribution in [0.2, 0.25) is 0 Å². The summed E-state index contributed by atoms with van der Waals surface area (Å²) in [5.41, 5.74) is 4.13. The SMILES string of the molecule is O=C(Nc1nncs1)c1cc(C2CC2)nc2onc(-c3ccc(F)cc3)c12. The molecule has 0 radical (unpaired) electrons. The second kappa shape index (κ2) is 6.20. The number of aromatic nitrogens is 4. The Balaban J connectivity index is 1.67. The summed E-state index contributed by atoms with van der Waals surface area (Å²) in [5.74, 6) is -0.357. The molecule has 9 heteroatoms. The van der Waals surface area contributed by atoms with Crippen molar-refractivity contribution in [2.45, 2.75) is 18.8 Å². The van der Waals surface area contributed by atoms with E-state index in [1.165, 1.54) is 29.0 Å². The van der Waals surface area contributed by atoms with Crippen molar-refractivity contribution >= 4 is 33.5 Å². The maximum Gasteiger partial charge on any atom is 0.259 e. The lowest BCUT2D eigenvalue weighted by Crippen LogP contribution is -2.13. The molecule has 0 bridgehead atoms. The zero-order valence-corrected chi connectivity index (χ0v) is 14.7. The first-order valence-electron chi connectivity index (χ1n) is 8.33. The summed E-state index contributed by atoms with van der Waals surface area (Å²) in [5, 5.41) is 15.3. The van der Waals surface area contributed by atoms with E-state index in [0.29, 0.717) is 39.0 Å². The first-order chi connectivity index (χ1) is 13.2. The summed E-state index contributed by atoms with van der Waals surface area (Å²) in [6.07, 6.45) is 2.07. The van der Waals surface area contributed by atoms with Gasteiger partial charge in [0.15, 0.2) is 0 Å². The number of halogens is 1. The van der Waals surface area contributed by atoms with Crippen LogP contribution in [0.3, 0.4) is 0 Å². The monoisotopic (exact) mass is 381 g/mol. The molecule has 4 aromatic rings. The molecule has 1 saturated carbocycles. The van der Waals surface area contributed by atoms with Crippen LogP contribution in [0.15, 0.2) is 40.4 Å². The largest absolute Gasteiger partial charge is 0.335 e. The Kier molecular flexibility index (Phi) is 3.68. The van der Waals surface area contributed by atoms with Crippen molar-refractivity contribution in [3.63, 3.8) is 0 Å². The van der Waals surface area contributed by atoms with Gasteiger partial charge in [-0.15, -0.1) is 10.2 Å². The van der Waals surface area contributed by atoms with E-state index in [2.05, 4.69) is 25.7 Å². The molecule has 3 heterocycles. The molecule has 3 aromatic heterocycles. The second-order valence-electron chi connectivity index (χ2n) is 6.29. The molecule has 0 atom stereocenters. The van der Waals surface area contributed by atoms with E-state index >= 15 is 0 Å². The molecular formula is C18H12FN5O2S. The lowest BCUT2D eigenvalue weighted by Gasteiger charge is -2.06. The number of amides is 1. The third-order valence-corrected chi connectivity index (χ3v) is 5.01. The maximum atomic E-state index is 13.3. The lowest BCUT2D eigenvalue weighted by atomic mass is 10.0. The van der Waals surface area contributed by atoms with Gasteiger partial charge in [0.1, 0.15) is 17.0 Å². The summed E-state index contributed by atoms with van der Waals surface area (Å²) in [4.78, 5) is 17.5. The number of anilines is 1. The van der Waals surface area contributed by atoms with Crippen molar-refractivity contribution in [2.75, 3.05) is 5.32 Å². The van der Waals surface area contributed by atoms with Gasteiger partial charge in [0.2, 0.25) is 5.13 Å². The van der Waals surface area contributed by atoms with E-state index in [0.717, 1.165) is 18.5 Å². The Bertz CT molecular complexity index is 1140. The summed E-state index contributed by atoms with van der Waals surface area (Å²) >= 11 is 1.23. The van der Waals surface area contributed by atoms with Crippen molar-refractivity contribution in [3.8, 4) is 11.3 Å². The van der Waals surface area contributed by atoms with E-state index in [4.69, 9.17) is 4.52 Å². The van der Waals surface area contributed by atoms with Gasteiger partial charge in [0, 0.05) is 17.2 Å². The fraction of sp³-hybridized carbons (Fsp3) is 0.167. The number of carbonyl (C=O) groups excluding carboxylic acids is 1. The first kappa shape index (κ1) is 16.0. The van der Waals surface area contributed by atoms with Gasteiger partial charge in [-0.2, -0.15) is 0 Å². The summed E-state index contributed by atoms with van der Waals surface area (Å²) < 4.78 is 18.7. The standard InChI is InChI=1S/C18H12FN5O2S/c19-11-5-3-10(4-6-11)15-14-12(16(25)22-18-23-20-8-27-18)7-13(9-1-2-9)21-17(14)26-24-15/h3-9H,1-2H2,(H,22,23,25). The van der Waals surface area contributed by atoms with Crippen molar-refractivity contribution in [3.05, 3.63) is 52.9 Å². The van der Waals surface area contributed by atoms with Gasteiger partial charge < -0.3 is 4.52 Å². The molecule has 5 rings (SSSR count). The number of nitrogens with zero attached hydrogens (tertiary/aromatic N) is 4. The van der Waals surface area contributed by atoms with Crippen LogP contribution in [-0.2, 0) is 0 Å². The normalized spacial score (nSPS) is 13.8. The number of hydrogen-bond donors (Lipinski definition) is 1. The Labute approximate surface area is 156 Å². The molecule has 1 aromatic carbocycles. The van der Waals surface area contributed by atoms with Crippen LogP contribution in [0.25, 0.3) is 22.4 Å². The molecule has 1 N–H and O–H groups in total. The number of nitrogens with one attached hydrogen (secondary N) is 1. The third-order valence-electron chi connectivity index (χ3n) is 4.40. The molecule has 1 aliphatic carbocycles. The molecule has 1 amide bonds. The highest BCUT2D eigenvalue weighted by atomic mass is 32.1. The lowest BCUT2D eigenvalue weighted by molar-refractivity contribution is 0.102. The highest BCUT2D eigenvalue weighted by Gasteiger charge is 2.29. The zero-order chi connectivity index (χ0) is 18.4. The minimum Gasteiger partial charge on any atom is -0.335 e. The molecule has 134 valence electrons. The average Bonchev–Trinajstić information content (AvgIpc) is 3.24. The van der Waals surface area contributed by atoms with Gasteiger partial charge in [0.05, 0.1) is 10.9 Å². The fourth-order valence-corrected chi connectivity index (χ4v) is 3.37. The van der Waals surface area contributed by atoms with Gasteiger partial charge in [-0.1, -0.05) is 16.5 Å². The van der Waals surface area contributed by atoms with E-state index < -0.39 is 0 Å². The van der Waals surface area contributed by atoms with Gasteiger partial charge in [-0.05, 0) is 43.2 Å². The minimum absolute atomic E-state index is 0.293. The van der Waals surface area contributed by atoms with E-state index in [9.17, 15) is 9.18 Å². The number of pyridine rings is 1. The van der Waals surface area contributed by atoms with Gasteiger partial charge in [-0.25, -0.2) is 9.37 Å². The van der Waals surface area contributed by atoms with Crippen molar-refractivity contribution in [1.29, 1.82) is 0 Å². The summed E-state index contributed by atoms with van der Waals surface area (Å²) in [6.45, 7) is 0. The second-order valence-corrected chi connectivity index (χ2v) is 7.12. The minimum atomic E-state index is -0.352. The quantitative estimate of drug-likeness (QED) is 0.574. The molecule has 0 unspecified atom stereocenters. The van der Waals surface area contributed by atoms with Crippen LogP contribution in [0.5, 0.6) is 0 Å². The van der Waals surface area contributed by atoms with Crippen molar-refractivity contribution < 1.29 is 13.7 Å². The van der Waals surface area contributed by atoms with Crippen LogP contribution in [-0.4, -0.2) is 26.2 Å². The van der Waals surface area contributed by atoms with E-state index in [-0.39, 0.29) is 11.7 Å². The smallest absolute Gasteiger partial charge is 0.259 e. The van der Waals surface area contributed by atoms with Gasteiger partial charge in [-0.3, -0.25) is 10.1 Å². The van der Waals surface area contributed by atoms with Gasteiger partial charge in [0.25, 0.3) is 11.6 Å². The Morgan fingerprint density at radius 2 is 2.07 bits per heavy atom. The first-order valence-corrected chi connectivity index (χ1v) is 9.21. The molecule has 1 aliphatic rings. The Morgan fingerprint density at radius 1 is 1.26 bits per heavy atom. The van der Waals surface area contributed by atoms with Crippen molar-refractivity contribution in [1.82, 2.24) is 20.3 Å². The molecule has 7 nitrogen and oxygen atoms in total. The average molecular weight is 381 g/mol. The van der Waals surface area contributed by atoms with Gasteiger partial charge >= 0.3 is 0 Å². The predicted octanol–water partition coefficient (Wildman–Crippen LogP) is 4.01. The number of rotatable bonds is 4. The van der Waals surface area contributed by atoms with E-state index in [1.807, 2.05) is 0 Å². The van der Waals surface area contributed by atoms with E-state index in [1.54, 1.807) is 18.2 Å². The Hall–Kier alpha value is -3.20. The van der Waals surface area contributed by atoms with Crippen LogP contribution in [0, 0.1) is 5.82 Å². The topological polar surface area (TPSA) is 93.8 Å². The van der Waals surface area contributed by atoms with Crippen LogP contribution >= 0.6 is 11.3 Å². The zero-order valence-electron chi connectivity index (χ0n) is 13.8. The number of benzene rings is 1. The summed E-state index contributed by atoms with van der Waals surface area (Å²) in [7, 11) is 0. The van der Waals surface area contributed by atoms with Crippen LogP contribution < -0.4 is 5.32 Å². The Morgan fingerprint density at radius 3 is 2.78 bits per heavy atom. The third kappa shape index (κ3) is 2.95. The predicted molar refractivity (Wildman–Crippen MR) is 97.0 cm³/mol. The molecule has 1 fully saturated rings. The molecule has 0 spiro atoms. The maximum absolute atomic E-state index is 13.3. The molecule has 0 saturated heterocycles. The number of carbonyl (C=O) groups is 1. The highest BCUT2D eigenvalue weighted by molar-refractivity contribution is 7.13. The highest BCUT2D eigenvalue weighted by Crippen LogP contribution is 2.41. The van der Waals surface area contributed by atoms with Crippen LogP contribution in [0.4, 0.5) is 9.52 Å². The van der Waals surface area contributed by atoms with Crippen LogP contribution in [0.1, 0.15) is 34.8 Å². The number of fused-ring (bicyclic) bond motifs is 1. The van der Waals surface area contributed by atoms with Crippen molar-refractivity contribution in [2.24, 2.45) is 0 Å². The molecule has 0 aliphatic heterocycles. The number of hydrogen-bond acceptors (Lipinski definition) is 7. The molecule has 27 heavy (non-hydrogen) atoms. The molecular weight excluding hydrogens is 369 g/mol. The summed E-state index contributed by atoms with van der Waals surface area (Å²) in [6, 6.07) is 7.63. The fourth-order valence-electron chi connectivity index (χ4n) is 2.93.